The van der Waals surface area contributed by atoms with E-state index >= 15 is 0 Å². The van der Waals surface area contributed by atoms with Gasteiger partial charge in [-0.05, 0) is 60.7 Å². The molecular formula is C22H19NO4. The number of rotatable bonds is 7. The smallest absolute Gasteiger partial charge is 0.255 e. The molecule has 1 N–H and O–H groups in total. The summed E-state index contributed by atoms with van der Waals surface area (Å²) in [6, 6.07) is 22.7. The maximum absolute atomic E-state index is 12.2. The van der Waals surface area contributed by atoms with Crippen molar-refractivity contribution in [2.45, 2.75) is 0 Å². The maximum Gasteiger partial charge on any atom is 0.255 e. The molecule has 1 amide bonds. The SMILES string of the molecule is COc1ccc(C(=O)COc2ccc(NC(=O)c3ccccc3)cc2)cc1. The fourth-order valence-electron chi connectivity index (χ4n) is 2.44. The van der Waals surface area contributed by atoms with E-state index < -0.39 is 0 Å². The lowest BCUT2D eigenvalue weighted by atomic mass is 10.1. The number of hydrogen-bond acceptors (Lipinski definition) is 4. The van der Waals surface area contributed by atoms with Gasteiger partial charge < -0.3 is 14.8 Å². The molecule has 0 radical (unpaired) electrons. The molecule has 3 aromatic rings. The monoisotopic (exact) mass is 361 g/mol. The molecule has 0 heterocycles. The van der Waals surface area contributed by atoms with Crippen LogP contribution in [0.1, 0.15) is 20.7 Å². The summed E-state index contributed by atoms with van der Waals surface area (Å²) in [5.41, 5.74) is 1.79. The quantitative estimate of drug-likeness (QED) is 0.640. The molecule has 3 rings (SSSR count). The minimum Gasteiger partial charge on any atom is -0.497 e. The Morgan fingerprint density at radius 1 is 0.778 bits per heavy atom. The molecule has 5 heteroatoms. The van der Waals surface area contributed by atoms with Crippen LogP contribution in [0, 0.1) is 0 Å². The number of benzene rings is 3. The van der Waals surface area contributed by atoms with Crippen LogP contribution >= 0.6 is 0 Å². The predicted octanol–water partition coefficient (Wildman–Crippen LogP) is 4.21. The van der Waals surface area contributed by atoms with Gasteiger partial charge in [0.2, 0.25) is 0 Å². The summed E-state index contributed by atoms with van der Waals surface area (Å²) in [5, 5.41) is 2.81. The molecule has 0 aromatic heterocycles. The summed E-state index contributed by atoms with van der Waals surface area (Å²) in [4.78, 5) is 24.3. The lowest BCUT2D eigenvalue weighted by molar-refractivity contribution is 0.0921. The Hall–Kier alpha value is -3.60. The third kappa shape index (κ3) is 4.95. The van der Waals surface area contributed by atoms with Crippen LogP contribution in [0.25, 0.3) is 0 Å². The van der Waals surface area contributed by atoms with E-state index in [4.69, 9.17) is 9.47 Å². The molecule has 5 nitrogen and oxygen atoms in total. The molecule has 0 aliphatic heterocycles. The number of anilines is 1. The van der Waals surface area contributed by atoms with Gasteiger partial charge in [0, 0.05) is 16.8 Å². The first-order chi connectivity index (χ1) is 13.2. The Morgan fingerprint density at radius 3 is 2.04 bits per heavy atom. The second kappa shape index (κ2) is 8.67. The van der Waals surface area contributed by atoms with E-state index in [-0.39, 0.29) is 18.3 Å². The number of amides is 1. The van der Waals surface area contributed by atoms with E-state index in [1.807, 2.05) is 18.2 Å². The third-order valence-electron chi connectivity index (χ3n) is 3.93. The number of nitrogens with one attached hydrogen (secondary N) is 1. The summed E-state index contributed by atoms with van der Waals surface area (Å²) >= 11 is 0. The standard InChI is InChI=1S/C22H19NO4/c1-26-19-11-7-16(8-12-19)21(24)15-27-20-13-9-18(10-14-20)23-22(25)17-5-3-2-4-6-17/h2-14H,15H2,1H3,(H,23,25). The molecule has 0 unspecified atom stereocenters. The number of hydrogen-bond donors (Lipinski definition) is 1. The molecule has 0 spiro atoms. The predicted molar refractivity (Wildman–Crippen MR) is 104 cm³/mol. The van der Waals surface area contributed by atoms with Crippen molar-refractivity contribution < 1.29 is 19.1 Å². The Morgan fingerprint density at radius 2 is 1.41 bits per heavy atom. The van der Waals surface area contributed by atoms with Crippen molar-refractivity contribution in [2.24, 2.45) is 0 Å². The highest BCUT2D eigenvalue weighted by molar-refractivity contribution is 6.04. The van der Waals surface area contributed by atoms with E-state index in [2.05, 4.69) is 5.32 Å². The maximum atomic E-state index is 12.2. The molecule has 0 atom stereocenters. The zero-order valence-electron chi connectivity index (χ0n) is 14.8. The third-order valence-corrected chi connectivity index (χ3v) is 3.93. The summed E-state index contributed by atoms with van der Waals surface area (Å²) < 4.78 is 10.6. The topological polar surface area (TPSA) is 64.6 Å². The molecule has 0 bridgehead atoms. The highest BCUT2D eigenvalue weighted by Gasteiger charge is 2.08. The highest BCUT2D eigenvalue weighted by Crippen LogP contribution is 2.17. The summed E-state index contributed by atoms with van der Waals surface area (Å²) in [7, 11) is 1.58. The van der Waals surface area contributed by atoms with Crippen molar-refractivity contribution in [1.82, 2.24) is 0 Å². The summed E-state index contributed by atoms with van der Waals surface area (Å²) in [6.07, 6.45) is 0. The van der Waals surface area contributed by atoms with Gasteiger partial charge in [-0.3, -0.25) is 9.59 Å². The number of carbonyl (C=O) groups is 2. The van der Waals surface area contributed by atoms with Crippen LogP contribution in [0.4, 0.5) is 5.69 Å². The number of methoxy groups -OCH3 is 1. The molecule has 136 valence electrons. The van der Waals surface area contributed by atoms with Gasteiger partial charge in [-0.25, -0.2) is 0 Å². The van der Waals surface area contributed by atoms with Gasteiger partial charge >= 0.3 is 0 Å². The normalized spacial score (nSPS) is 10.1. The average molecular weight is 361 g/mol. The fourth-order valence-corrected chi connectivity index (χ4v) is 2.44. The van der Waals surface area contributed by atoms with Crippen molar-refractivity contribution >= 4 is 17.4 Å². The van der Waals surface area contributed by atoms with Gasteiger partial charge in [-0.2, -0.15) is 0 Å². The molecule has 0 aliphatic carbocycles. The molecule has 3 aromatic carbocycles. The number of carbonyl (C=O) groups excluding carboxylic acids is 2. The molecule has 0 saturated carbocycles. The van der Waals surface area contributed by atoms with Gasteiger partial charge in [-0.1, -0.05) is 18.2 Å². The van der Waals surface area contributed by atoms with Crippen LogP contribution in [0.2, 0.25) is 0 Å². The van der Waals surface area contributed by atoms with Crippen LogP contribution in [0.3, 0.4) is 0 Å². The first-order valence-electron chi connectivity index (χ1n) is 8.42. The van der Waals surface area contributed by atoms with Crippen LogP contribution in [-0.2, 0) is 0 Å². The van der Waals surface area contributed by atoms with Gasteiger partial charge in [-0.15, -0.1) is 0 Å². The highest BCUT2D eigenvalue weighted by atomic mass is 16.5. The van der Waals surface area contributed by atoms with E-state index in [9.17, 15) is 9.59 Å². The average Bonchev–Trinajstić information content (AvgIpc) is 2.73. The van der Waals surface area contributed by atoms with Crippen LogP contribution < -0.4 is 14.8 Å². The number of ketones is 1. The molecule has 27 heavy (non-hydrogen) atoms. The lowest BCUT2D eigenvalue weighted by Gasteiger charge is -2.08. The number of Topliss-reactive ketones (excluding diaryl/α,β-unsaturated/α-hetero) is 1. The molecular weight excluding hydrogens is 342 g/mol. The Bertz CT molecular complexity index is 903. The van der Waals surface area contributed by atoms with E-state index in [1.165, 1.54) is 0 Å². The Balaban J connectivity index is 1.54. The minimum absolute atomic E-state index is 0.0674. The van der Waals surface area contributed by atoms with Crippen molar-refractivity contribution in [1.29, 1.82) is 0 Å². The van der Waals surface area contributed by atoms with Gasteiger partial charge in [0.1, 0.15) is 11.5 Å². The van der Waals surface area contributed by atoms with Gasteiger partial charge in [0.05, 0.1) is 7.11 Å². The first kappa shape index (κ1) is 18.2. The zero-order chi connectivity index (χ0) is 19.1. The van der Waals surface area contributed by atoms with Crippen molar-refractivity contribution in [3.63, 3.8) is 0 Å². The van der Waals surface area contributed by atoms with Crippen molar-refractivity contribution in [3.05, 3.63) is 90.0 Å². The number of ether oxygens (including phenoxy) is 2. The summed E-state index contributed by atoms with van der Waals surface area (Å²) in [5.74, 6) is 0.938. The molecule has 0 fully saturated rings. The van der Waals surface area contributed by atoms with Crippen LogP contribution in [-0.4, -0.2) is 25.4 Å². The van der Waals surface area contributed by atoms with Gasteiger partial charge in [0.25, 0.3) is 5.91 Å². The minimum atomic E-state index is -0.182. The summed E-state index contributed by atoms with van der Waals surface area (Å²) in [6.45, 7) is -0.0674. The van der Waals surface area contributed by atoms with Crippen molar-refractivity contribution in [3.8, 4) is 11.5 Å². The zero-order valence-corrected chi connectivity index (χ0v) is 14.8. The van der Waals surface area contributed by atoms with Crippen LogP contribution in [0.15, 0.2) is 78.9 Å². The van der Waals surface area contributed by atoms with E-state index in [0.717, 1.165) is 0 Å². The fraction of sp³-hybridized carbons (Fsp3) is 0.0909. The molecule has 0 aliphatic rings. The first-order valence-corrected chi connectivity index (χ1v) is 8.42. The van der Waals surface area contributed by atoms with Crippen molar-refractivity contribution in [2.75, 3.05) is 19.0 Å². The Kier molecular flexibility index (Phi) is 5.84. The van der Waals surface area contributed by atoms with E-state index in [1.54, 1.807) is 67.8 Å². The van der Waals surface area contributed by atoms with Crippen LogP contribution in [0.5, 0.6) is 11.5 Å². The second-order valence-corrected chi connectivity index (χ2v) is 5.78. The van der Waals surface area contributed by atoms with Gasteiger partial charge in [0.15, 0.2) is 12.4 Å². The van der Waals surface area contributed by atoms with E-state index in [0.29, 0.717) is 28.3 Å². The largest absolute Gasteiger partial charge is 0.497 e. The second-order valence-electron chi connectivity index (χ2n) is 5.78. The lowest BCUT2D eigenvalue weighted by Crippen LogP contribution is -2.12. The molecule has 0 saturated heterocycles. The Labute approximate surface area is 157 Å².